The van der Waals surface area contributed by atoms with E-state index in [0.29, 0.717) is 17.6 Å². The Balaban J connectivity index is 2.96. The summed E-state index contributed by atoms with van der Waals surface area (Å²) >= 11 is 5.77. The van der Waals surface area contributed by atoms with Crippen molar-refractivity contribution in [2.24, 2.45) is 0 Å². The molecule has 1 heterocycles. The normalized spacial score (nSPS) is 9.77. The largest absolute Gasteiger partial charge is 0.472 e. The van der Waals surface area contributed by atoms with Gasteiger partial charge < -0.3 is 4.74 Å². The second-order valence-electron chi connectivity index (χ2n) is 2.65. The molecule has 0 aliphatic rings. The van der Waals surface area contributed by atoms with E-state index in [9.17, 15) is 0 Å². The third-order valence-electron chi connectivity index (χ3n) is 1.76. The van der Waals surface area contributed by atoms with Crippen LogP contribution in [0.5, 0.6) is 5.88 Å². The van der Waals surface area contributed by atoms with E-state index in [1.807, 2.05) is 13.8 Å². The molecule has 0 bridgehead atoms. The Hall–Kier alpha value is -1.09. The van der Waals surface area contributed by atoms with Crippen molar-refractivity contribution in [1.82, 2.24) is 10.2 Å². The summed E-state index contributed by atoms with van der Waals surface area (Å²) in [7, 11) is 0. The molecule has 1 aromatic heterocycles. The van der Waals surface area contributed by atoms with Gasteiger partial charge in [-0.2, -0.15) is 0 Å². The molecular weight excluding hydrogens is 188 g/mol. The van der Waals surface area contributed by atoms with Crippen LogP contribution >= 0.6 is 11.6 Å². The predicted octanol–water partition coefficient (Wildman–Crippen LogP) is 2.31. The van der Waals surface area contributed by atoms with Gasteiger partial charge in [0.15, 0.2) is 5.15 Å². The van der Waals surface area contributed by atoms with E-state index >= 15 is 0 Å². The molecule has 1 rings (SSSR count). The maximum Gasteiger partial charge on any atom is 0.237 e. The van der Waals surface area contributed by atoms with Crippen LogP contribution in [0.15, 0.2) is 12.7 Å². The third kappa shape index (κ3) is 2.18. The second-order valence-corrected chi connectivity index (χ2v) is 3.00. The van der Waals surface area contributed by atoms with Crippen LogP contribution < -0.4 is 4.74 Å². The van der Waals surface area contributed by atoms with Gasteiger partial charge in [0.1, 0.15) is 6.61 Å². The van der Waals surface area contributed by atoms with Gasteiger partial charge in [0.05, 0.1) is 0 Å². The van der Waals surface area contributed by atoms with Crippen LogP contribution in [0.1, 0.15) is 11.1 Å². The number of hydrogen-bond acceptors (Lipinski definition) is 3. The highest BCUT2D eigenvalue weighted by atomic mass is 35.5. The van der Waals surface area contributed by atoms with Crippen LogP contribution in [0.4, 0.5) is 0 Å². The zero-order valence-electron chi connectivity index (χ0n) is 7.67. The topological polar surface area (TPSA) is 35.0 Å². The fourth-order valence-corrected chi connectivity index (χ4v) is 1.01. The van der Waals surface area contributed by atoms with Gasteiger partial charge in [-0.25, -0.2) is 0 Å². The third-order valence-corrected chi connectivity index (χ3v) is 2.12. The highest BCUT2D eigenvalue weighted by Gasteiger charge is 2.07. The summed E-state index contributed by atoms with van der Waals surface area (Å²) in [5, 5.41) is 7.99. The second kappa shape index (κ2) is 4.23. The fraction of sp³-hybridized carbons (Fsp3) is 0.333. The van der Waals surface area contributed by atoms with Gasteiger partial charge in [0, 0.05) is 5.56 Å². The summed E-state index contributed by atoms with van der Waals surface area (Å²) in [6.07, 6.45) is 1.66. The molecule has 0 fully saturated rings. The Morgan fingerprint density at radius 2 is 2.08 bits per heavy atom. The molecule has 0 saturated heterocycles. The molecule has 1 aromatic rings. The Labute approximate surface area is 82.4 Å². The van der Waals surface area contributed by atoms with Crippen LogP contribution in [0, 0.1) is 13.8 Å². The number of nitrogens with zero attached hydrogens (tertiary/aromatic N) is 2. The predicted molar refractivity (Wildman–Crippen MR) is 52.2 cm³/mol. The molecule has 0 amide bonds. The number of halogens is 1. The Morgan fingerprint density at radius 1 is 1.38 bits per heavy atom. The van der Waals surface area contributed by atoms with Crippen molar-refractivity contribution in [3.63, 3.8) is 0 Å². The van der Waals surface area contributed by atoms with E-state index in [1.165, 1.54) is 0 Å². The lowest BCUT2D eigenvalue weighted by molar-refractivity contribution is 0.341. The number of rotatable bonds is 3. The van der Waals surface area contributed by atoms with Gasteiger partial charge in [-0.15, -0.1) is 10.2 Å². The minimum Gasteiger partial charge on any atom is -0.472 e. The van der Waals surface area contributed by atoms with Crippen LogP contribution in [0.3, 0.4) is 0 Å². The molecule has 0 unspecified atom stereocenters. The van der Waals surface area contributed by atoms with Gasteiger partial charge in [-0.05, 0) is 19.4 Å². The minimum atomic E-state index is 0.420. The Morgan fingerprint density at radius 3 is 2.69 bits per heavy atom. The first-order valence-corrected chi connectivity index (χ1v) is 4.27. The first-order chi connectivity index (χ1) is 6.16. The smallest absolute Gasteiger partial charge is 0.237 e. The summed E-state index contributed by atoms with van der Waals surface area (Å²) in [6.45, 7) is 7.75. The number of aromatic nitrogens is 2. The fourth-order valence-electron chi connectivity index (χ4n) is 0.829. The first kappa shape index (κ1) is 9.99. The molecular formula is C9H11ClN2O. The van der Waals surface area contributed by atoms with Gasteiger partial charge in [-0.3, -0.25) is 0 Å². The van der Waals surface area contributed by atoms with Gasteiger partial charge >= 0.3 is 0 Å². The zero-order chi connectivity index (χ0) is 9.84. The average molecular weight is 199 g/mol. The molecule has 0 atom stereocenters. The molecule has 0 saturated carbocycles. The van der Waals surface area contributed by atoms with E-state index in [4.69, 9.17) is 16.3 Å². The minimum absolute atomic E-state index is 0.420. The highest BCUT2D eigenvalue weighted by Crippen LogP contribution is 2.21. The van der Waals surface area contributed by atoms with Crippen molar-refractivity contribution in [2.45, 2.75) is 13.8 Å². The Kier molecular flexibility index (Phi) is 3.25. The Bertz CT molecular complexity index is 326. The first-order valence-electron chi connectivity index (χ1n) is 3.90. The molecule has 70 valence electrons. The quantitative estimate of drug-likeness (QED) is 0.700. The van der Waals surface area contributed by atoms with Crippen molar-refractivity contribution in [2.75, 3.05) is 6.61 Å². The molecule has 0 aliphatic carbocycles. The molecule has 0 aromatic carbocycles. The van der Waals surface area contributed by atoms with Crippen LogP contribution in [-0.4, -0.2) is 16.8 Å². The SMILES string of the molecule is C=CCOc1nnc(Cl)c(C)c1C. The van der Waals surface area contributed by atoms with Crippen molar-refractivity contribution in [3.8, 4) is 5.88 Å². The highest BCUT2D eigenvalue weighted by molar-refractivity contribution is 6.30. The van der Waals surface area contributed by atoms with E-state index in [-0.39, 0.29) is 0 Å². The molecule has 0 radical (unpaired) electrons. The van der Waals surface area contributed by atoms with Crippen molar-refractivity contribution in [3.05, 3.63) is 28.9 Å². The van der Waals surface area contributed by atoms with Gasteiger partial charge in [-0.1, -0.05) is 24.3 Å². The van der Waals surface area contributed by atoms with E-state index < -0.39 is 0 Å². The lowest BCUT2D eigenvalue weighted by Gasteiger charge is -2.07. The zero-order valence-corrected chi connectivity index (χ0v) is 8.43. The van der Waals surface area contributed by atoms with Crippen LogP contribution in [-0.2, 0) is 0 Å². The molecule has 3 nitrogen and oxygen atoms in total. The van der Waals surface area contributed by atoms with Gasteiger partial charge in [0.2, 0.25) is 5.88 Å². The monoisotopic (exact) mass is 198 g/mol. The number of ether oxygens (including phenoxy) is 1. The van der Waals surface area contributed by atoms with E-state index in [2.05, 4.69) is 16.8 Å². The van der Waals surface area contributed by atoms with E-state index in [0.717, 1.165) is 11.1 Å². The van der Waals surface area contributed by atoms with Crippen LogP contribution in [0.2, 0.25) is 5.15 Å². The standard InChI is InChI=1S/C9H11ClN2O/c1-4-5-13-9-7(3)6(2)8(10)11-12-9/h4H,1,5H2,2-3H3. The lowest BCUT2D eigenvalue weighted by atomic mass is 10.2. The van der Waals surface area contributed by atoms with Crippen molar-refractivity contribution < 1.29 is 4.74 Å². The van der Waals surface area contributed by atoms with Crippen molar-refractivity contribution >= 4 is 11.6 Å². The number of hydrogen-bond donors (Lipinski definition) is 0. The summed E-state index contributed by atoms with van der Waals surface area (Å²) in [5.74, 6) is 0.516. The lowest BCUT2D eigenvalue weighted by Crippen LogP contribution is -2.01. The molecule has 0 spiro atoms. The maximum absolute atomic E-state index is 5.77. The van der Waals surface area contributed by atoms with Gasteiger partial charge in [0.25, 0.3) is 0 Å². The molecule has 13 heavy (non-hydrogen) atoms. The van der Waals surface area contributed by atoms with Crippen molar-refractivity contribution in [1.29, 1.82) is 0 Å². The molecule has 0 N–H and O–H groups in total. The average Bonchev–Trinajstić information content (AvgIpc) is 2.13. The molecule has 4 heteroatoms. The van der Waals surface area contributed by atoms with Crippen LogP contribution in [0.25, 0.3) is 0 Å². The maximum atomic E-state index is 5.77. The molecule has 0 aliphatic heterocycles. The summed E-state index contributed by atoms with van der Waals surface area (Å²) in [6, 6.07) is 0. The summed E-state index contributed by atoms with van der Waals surface area (Å²) in [4.78, 5) is 0. The summed E-state index contributed by atoms with van der Waals surface area (Å²) < 4.78 is 5.27. The summed E-state index contributed by atoms with van der Waals surface area (Å²) in [5.41, 5.74) is 1.82. The van der Waals surface area contributed by atoms with E-state index in [1.54, 1.807) is 6.08 Å².